The van der Waals surface area contributed by atoms with Crippen LogP contribution in [0, 0.1) is 0 Å². The van der Waals surface area contributed by atoms with Crippen LogP contribution < -0.4 is 0 Å². The van der Waals surface area contributed by atoms with Crippen molar-refractivity contribution >= 4 is 32.3 Å². The van der Waals surface area contributed by atoms with Gasteiger partial charge in [0.2, 0.25) is 0 Å². The Morgan fingerprint density at radius 1 is 0.292 bits per heavy atom. The number of nitrogens with zero attached hydrogens (tertiary/aromatic N) is 2. The number of benzene rings is 7. The molecule has 0 bridgehead atoms. The molecule has 2 heterocycles. The van der Waals surface area contributed by atoms with E-state index in [2.05, 4.69) is 156 Å². The largest absolute Gasteiger partial charge is 0.264 e. The maximum atomic E-state index is 4.40. The predicted octanol–water partition coefficient (Wildman–Crippen LogP) is 12.3. The van der Waals surface area contributed by atoms with E-state index in [4.69, 9.17) is 0 Å². The van der Waals surface area contributed by atoms with Crippen molar-refractivity contribution < 1.29 is 0 Å². The third kappa shape index (κ3) is 4.83. The molecule has 0 aliphatic rings. The summed E-state index contributed by atoms with van der Waals surface area (Å²) in [4.78, 5) is 8.80. The zero-order valence-corrected chi connectivity index (χ0v) is 26.2. The van der Waals surface area contributed by atoms with Gasteiger partial charge in [0, 0.05) is 35.9 Å². The van der Waals surface area contributed by atoms with Gasteiger partial charge < -0.3 is 0 Å². The molecule has 0 saturated heterocycles. The molecular formula is C46H30N2. The van der Waals surface area contributed by atoms with Gasteiger partial charge in [-0.3, -0.25) is 9.97 Å². The van der Waals surface area contributed by atoms with Crippen molar-refractivity contribution in [2.24, 2.45) is 0 Å². The Labute approximate surface area is 279 Å². The highest BCUT2D eigenvalue weighted by atomic mass is 14.6. The Bertz CT molecular complexity index is 2600. The van der Waals surface area contributed by atoms with Crippen LogP contribution in [-0.4, -0.2) is 9.97 Å². The summed E-state index contributed by atoms with van der Waals surface area (Å²) >= 11 is 0. The molecule has 0 aliphatic carbocycles. The van der Waals surface area contributed by atoms with Crippen molar-refractivity contribution in [3.05, 3.63) is 183 Å². The van der Waals surface area contributed by atoms with Crippen LogP contribution in [0.2, 0.25) is 0 Å². The molecule has 224 valence electrons. The molecule has 48 heavy (non-hydrogen) atoms. The first-order valence-electron chi connectivity index (χ1n) is 16.3. The second-order valence-corrected chi connectivity index (χ2v) is 12.2. The molecule has 9 rings (SSSR count). The minimum atomic E-state index is 1.10. The first-order valence-corrected chi connectivity index (χ1v) is 16.3. The molecule has 0 radical (unpaired) electrons. The van der Waals surface area contributed by atoms with Crippen LogP contribution in [0.3, 0.4) is 0 Å². The normalized spacial score (nSPS) is 11.3. The second-order valence-electron chi connectivity index (χ2n) is 12.2. The summed E-state index contributed by atoms with van der Waals surface area (Å²) in [5, 5.41) is 7.40. The van der Waals surface area contributed by atoms with E-state index in [0.717, 1.165) is 22.3 Å². The van der Waals surface area contributed by atoms with Gasteiger partial charge in [0.1, 0.15) is 0 Å². The molecule has 2 heteroatoms. The topological polar surface area (TPSA) is 25.8 Å². The lowest BCUT2D eigenvalue weighted by Gasteiger charge is -2.20. The van der Waals surface area contributed by atoms with Crippen LogP contribution in [0.25, 0.3) is 88.0 Å². The van der Waals surface area contributed by atoms with Crippen molar-refractivity contribution in [2.75, 3.05) is 0 Å². The molecule has 0 amide bonds. The zero-order valence-electron chi connectivity index (χ0n) is 26.2. The Hall–Kier alpha value is -6.38. The summed E-state index contributed by atoms with van der Waals surface area (Å²) in [6.45, 7) is 0. The van der Waals surface area contributed by atoms with Gasteiger partial charge in [0.15, 0.2) is 0 Å². The monoisotopic (exact) mass is 610 g/mol. The van der Waals surface area contributed by atoms with Gasteiger partial charge in [-0.05, 0) is 107 Å². The van der Waals surface area contributed by atoms with Gasteiger partial charge in [-0.2, -0.15) is 0 Å². The highest BCUT2D eigenvalue weighted by Gasteiger charge is 2.19. The van der Waals surface area contributed by atoms with Gasteiger partial charge >= 0.3 is 0 Å². The molecule has 0 N–H and O–H groups in total. The number of aromatic nitrogens is 2. The Morgan fingerprint density at radius 3 is 1.42 bits per heavy atom. The summed E-state index contributed by atoms with van der Waals surface area (Å²) in [6.07, 6.45) is 7.52. The van der Waals surface area contributed by atoms with E-state index in [1.165, 1.54) is 65.7 Å². The minimum Gasteiger partial charge on any atom is -0.264 e. The lowest BCUT2D eigenvalue weighted by molar-refractivity contribution is 1.33. The minimum absolute atomic E-state index is 1.10. The number of rotatable bonds is 5. The average molecular weight is 611 g/mol. The lowest BCUT2D eigenvalue weighted by atomic mass is 9.83. The summed E-state index contributed by atoms with van der Waals surface area (Å²) in [5.74, 6) is 0. The van der Waals surface area contributed by atoms with Crippen molar-refractivity contribution in [3.8, 4) is 55.6 Å². The molecule has 0 spiro atoms. The first kappa shape index (κ1) is 27.9. The van der Waals surface area contributed by atoms with Crippen molar-refractivity contribution in [1.29, 1.82) is 0 Å². The predicted molar refractivity (Wildman–Crippen MR) is 202 cm³/mol. The van der Waals surface area contributed by atoms with E-state index >= 15 is 0 Å². The third-order valence-electron chi connectivity index (χ3n) is 9.42. The van der Waals surface area contributed by atoms with Crippen LogP contribution >= 0.6 is 0 Å². The summed E-state index contributed by atoms with van der Waals surface area (Å²) in [5.41, 5.74) is 11.8. The molecule has 0 fully saturated rings. The Balaban J connectivity index is 1.37. The van der Waals surface area contributed by atoms with Gasteiger partial charge in [-0.15, -0.1) is 0 Å². The van der Waals surface area contributed by atoms with Crippen LogP contribution in [-0.2, 0) is 0 Å². The molecular weight excluding hydrogens is 581 g/mol. The zero-order chi connectivity index (χ0) is 31.9. The molecule has 0 saturated carbocycles. The Kier molecular flexibility index (Phi) is 6.84. The van der Waals surface area contributed by atoms with Crippen LogP contribution in [0.4, 0.5) is 0 Å². The molecule has 2 aromatic heterocycles. The standard InChI is InChI=1S/C46H30N2/c1-2-18-39-31(10-1)11-7-21-40(39)34-22-23-43-44(28-34)46(36-15-6-13-33(27-36)38-17-9-25-48-30-38)42-20-4-3-19-41(42)45(43)35-14-5-12-32(26-35)37-16-8-24-47-29-37/h1-30H. The van der Waals surface area contributed by atoms with Gasteiger partial charge in [0.25, 0.3) is 0 Å². The first-order chi connectivity index (χ1) is 23.8. The number of pyridine rings is 2. The smallest absolute Gasteiger partial charge is 0.0346 e. The molecule has 0 aliphatic heterocycles. The fourth-order valence-electron chi connectivity index (χ4n) is 7.22. The van der Waals surface area contributed by atoms with Crippen LogP contribution in [0.5, 0.6) is 0 Å². The quantitative estimate of drug-likeness (QED) is 0.181. The SMILES string of the molecule is c1cncc(-c2cccc(-c3c4ccccc4c(-c4cccc(-c5cccnc5)c4)c4cc(-c5cccc6ccccc56)ccc34)c2)c1. The van der Waals surface area contributed by atoms with E-state index in [1.54, 1.807) is 0 Å². The second kappa shape index (κ2) is 11.8. The molecule has 7 aromatic carbocycles. The third-order valence-corrected chi connectivity index (χ3v) is 9.42. The van der Waals surface area contributed by atoms with Crippen molar-refractivity contribution in [3.63, 3.8) is 0 Å². The van der Waals surface area contributed by atoms with Crippen molar-refractivity contribution in [2.45, 2.75) is 0 Å². The molecule has 0 atom stereocenters. The van der Waals surface area contributed by atoms with E-state index < -0.39 is 0 Å². The van der Waals surface area contributed by atoms with E-state index in [1.807, 2.05) is 36.9 Å². The Morgan fingerprint density at radius 2 is 0.792 bits per heavy atom. The fourth-order valence-corrected chi connectivity index (χ4v) is 7.22. The van der Waals surface area contributed by atoms with Gasteiger partial charge in [0.05, 0.1) is 0 Å². The highest BCUT2D eigenvalue weighted by Crippen LogP contribution is 2.46. The number of fused-ring (bicyclic) bond motifs is 3. The maximum Gasteiger partial charge on any atom is 0.0346 e. The molecule has 0 unspecified atom stereocenters. The van der Waals surface area contributed by atoms with Crippen LogP contribution in [0.1, 0.15) is 0 Å². The summed E-state index contributed by atoms with van der Waals surface area (Å²) in [6, 6.07) is 57.2. The van der Waals surface area contributed by atoms with Gasteiger partial charge in [-0.25, -0.2) is 0 Å². The number of hydrogen-bond donors (Lipinski definition) is 0. The molecule has 9 aromatic rings. The van der Waals surface area contributed by atoms with Crippen molar-refractivity contribution in [1.82, 2.24) is 9.97 Å². The molecule has 2 nitrogen and oxygen atoms in total. The average Bonchev–Trinajstić information content (AvgIpc) is 3.17. The highest BCUT2D eigenvalue weighted by molar-refractivity contribution is 6.22. The summed E-state index contributed by atoms with van der Waals surface area (Å²) in [7, 11) is 0. The summed E-state index contributed by atoms with van der Waals surface area (Å²) < 4.78 is 0. The maximum absolute atomic E-state index is 4.40. The lowest BCUT2D eigenvalue weighted by Crippen LogP contribution is -1.93. The fraction of sp³-hybridized carbons (Fsp3) is 0. The van der Waals surface area contributed by atoms with E-state index in [0.29, 0.717) is 0 Å². The van der Waals surface area contributed by atoms with E-state index in [9.17, 15) is 0 Å². The van der Waals surface area contributed by atoms with E-state index in [-0.39, 0.29) is 0 Å². The number of hydrogen-bond acceptors (Lipinski definition) is 2. The van der Waals surface area contributed by atoms with Gasteiger partial charge in [-0.1, -0.05) is 127 Å². The van der Waals surface area contributed by atoms with Crippen LogP contribution in [0.15, 0.2) is 183 Å².